The number of nitrogens with one attached hydrogen (secondary N) is 2. The Balaban J connectivity index is 1.58. The largest absolute Gasteiger partial charge is 0.494 e. The molecule has 2 N–H and O–H groups in total. The molecule has 0 unspecified atom stereocenters. The van der Waals surface area contributed by atoms with Gasteiger partial charge in [0.05, 0.1) is 6.61 Å². The molecule has 0 aliphatic carbocycles. The monoisotopic (exact) mass is 412 g/mol. The second-order valence-corrected chi connectivity index (χ2v) is 7.76. The van der Waals surface area contributed by atoms with E-state index >= 15 is 0 Å². The molecule has 30 heavy (non-hydrogen) atoms. The molecule has 0 saturated heterocycles. The third kappa shape index (κ3) is 7.95. The number of amides is 2. The second-order valence-electron chi connectivity index (χ2n) is 7.76. The van der Waals surface area contributed by atoms with Crippen LogP contribution in [0.15, 0.2) is 54.6 Å². The number of hydrogen-bond donors (Lipinski definition) is 2. The van der Waals surface area contributed by atoms with E-state index < -0.39 is 24.4 Å². The van der Waals surface area contributed by atoms with Gasteiger partial charge in [-0.15, -0.1) is 0 Å². The van der Waals surface area contributed by atoms with Crippen LogP contribution in [0.25, 0.3) is 0 Å². The molecule has 2 rings (SSSR count). The van der Waals surface area contributed by atoms with Crippen molar-refractivity contribution in [3.05, 3.63) is 65.7 Å². The van der Waals surface area contributed by atoms with Crippen LogP contribution in [-0.4, -0.2) is 31.0 Å². The highest BCUT2D eigenvalue weighted by molar-refractivity contribution is 5.95. The predicted octanol–water partition coefficient (Wildman–Crippen LogP) is 3.15. The quantitative estimate of drug-likeness (QED) is 0.395. The summed E-state index contributed by atoms with van der Waals surface area (Å²) in [5.41, 5.74) is 6.16. The van der Waals surface area contributed by atoms with Gasteiger partial charge in [-0.25, -0.2) is 0 Å². The fraction of sp³-hybridized carbons (Fsp3) is 0.348. The molecule has 7 nitrogen and oxygen atoms in total. The molecular formula is C23H28N2O5. The lowest BCUT2D eigenvalue weighted by atomic mass is 9.87. The number of ether oxygens (including phenoxy) is 2. The maximum absolute atomic E-state index is 11.8. The van der Waals surface area contributed by atoms with Crippen LogP contribution in [-0.2, 0) is 19.7 Å². The summed E-state index contributed by atoms with van der Waals surface area (Å²) in [6, 6.07) is 16.3. The summed E-state index contributed by atoms with van der Waals surface area (Å²) in [6.07, 6.45) is 0.593. The van der Waals surface area contributed by atoms with E-state index in [4.69, 9.17) is 9.47 Å². The number of benzene rings is 2. The lowest BCUT2D eigenvalue weighted by molar-refractivity contribution is -0.148. The van der Waals surface area contributed by atoms with E-state index in [1.54, 1.807) is 30.3 Å². The van der Waals surface area contributed by atoms with Crippen LogP contribution in [0.5, 0.6) is 5.75 Å². The molecule has 0 atom stereocenters. The van der Waals surface area contributed by atoms with E-state index in [-0.39, 0.29) is 11.8 Å². The number of hydrazine groups is 1. The Hall–Kier alpha value is -3.35. The van der Waals surface area contributed by atoms with Gasteiger partial charge in [-0.05, 0) is 41.7 Å². The zero-order valence-corrected chi connectivity index (χ0v) is 17.6. The van der Waals surface area contributed by atoms with E-state index in [1.807, 2.05) is 24.3 Å². The zero-order chi connectivity index (χ0) is 22.0. The first-order valence-corrected chi connectivity index (χ1v) is 9.79. The van der Waals surface area contributed by atoms with Gasteiger partial charge in [0, 0.05) is 12.0 Å². The first-order chi connectivity index (χ1) is 14.3. The second kappa shape index (κ2) is 11.0. The molecule has 0 bridgehead atoms. The molecule has 7 heteroatoms. The van der Waals surface area contributed by atoms with Gasteiger partial charge in [0.2, 0.25) is 0 Å². The highest BCUT2D eigenvalue weighted by atomic mass is 16.5. The van der Waals surface area contributed by atoms with Crippen molar-refractivity contribution in [3.8, 4) is 5.75 Å². The molecule has 2 aromatic carbocycles. The standard InChI is InChI=1S/C23H28N2O5/c1-23(2,3)18-11-13-19(14-12-18)29-15-7-10-21(27)30-16-20(26)24-25-22(28)17-8-5-4-6-9-17/h4-6,8-9,11-14H,7,10,15-16H2,1-3H3,(H,24,26)(H,25,28). The molecule has 0 saturated carbocycles. The summed E-state index contributed by atoms with van der Waals surface area (Å²) in [5, 5.41) is 0. The van der Waals surface area contributed by atoms with E-state index in [9.17, 15) is 14.4 Å². The molecule has 0 aromatic heterocycles. The van der Waals surface area contributed by atoms with Crippen LogP contribution in [0, 0.1) is 0 Å². The predicted molar refractivity (Wildman–Crippen MR) is 113 cm³/mol. The van der Waals surface area contributed by atoms with Crippen molar-refractivity contribution in [2.45, 2.75) is 39.0 Å². The van der Waals surface area contributed by atoms with Crippen molar-refractivity contribution in [2.24, 2.45) is 0 Å². The van der Waals surface area contributed by atoms with Crippen molar-refractivity contribution in [3.63, 3.8) is 0 Å². The lowest BCUT2D eigenvalue weighted by Crippen LogP contribution is -2.43. The van der Waals surface area contributed by atoms with Crippen LogP contribution < -0.4 is 15.6 Å². The minimum atomic E-state index is -0.622. The van der Waals surface area contributed by atoms with Crippen molar-refractivity contribution >= 4 is 17.8 Å². The highest BCUT2D eigenvalue weighted by Crippen LogP contribution is 2.24. The Bertz CT molecular complexity index is 842. The number of carbonyl (C=O) groups excluding carboxylic acids is 3. The average molecular weight is 412 g/mol. The first-order valence-electron chi connectivity index (χ1n) is 9.79. The van der Waals surface area contributed by atoms with Crippen LogP contribution in [0.4, 0.5) is 0 Å². The van der Waals surface area contributed by atoms with Crippen LogP contribution >= 0.6 is 0 Å². The lowest BCUT2D eigenvalue weighted by Gasteiger charge is -2.19. The van der Waals surface area contributed by atoms with Gasteiger partial charge in [-0.2, -0.15) is 0 Å². The van der Waals surface area contributed by atoms with Gasteiger partial charge in [-0.1, -0.05) is 51.1 Å². The van der Waals surface area contributed by atoms with Gasteiger partial charge >= 0.3 is 5.97 Å². The third-order valence-corrected chi connectivity index (χ3v) is 4.23. The fourth-order valence-electron chi connectivity index (χ4n) is 2.50. The first kappa shape index (κ1) is 22.9. The molecule has 0 aliphatic rings. The van der Waals surface area contributed by atoms with Crippen LogP contribution in [0.3, 0.4) is 0 Å². The summed E-state index contributed by atoms with van der Waals surface area (Å²) in [7, 11) is 0. The maximum atomic E-state index is 11.8. The highest BCUT2D eigenvalue weighted by Gasteiger charge is 2.13. The average Bonchev–Trinajstić information content (AvgIpc) is 2.74. The van der Waals surface area contributed by atoms with Crippen LogP contribution in [0.1, 0.15) is 49.5 Å². The number of rotatable bonds is 8. The molecular weight excluding hydrogens is 384 g/mol. The molecule has 0 aliphatic heterocycles. The van der Waals surface area contributed by atoms with Gasteiger partial charge in [0.25, 0.3) is 11.8 Å². The Morgan fingerprint density at radius 2 is 1.57 bits per heavy atom. The Kier molecular flexibility index (Phi) is 8.41. The van der Waals surface area contributed by atoms with E-state index in [0.717, 1.165) is 5.75 Å². The van der Waals surface area contributed by atoms with Crippen molar-refractivity contribution in [1.82, 2.24) is 10.9 Å². The zero-order valence-electron chi connectivity index (χ0n) is 17.6. The number of carbonyl (C=O) groups is 3. The molecule has 0 radical (unpaired) electrons. The van der Waals surface area contributed by atoms with E-state index in [2.05, 4.69) is 31.6 Å². The van der Waals surface area contributed by atoms with Gasteiger partial charge in [-0.3, -0.25) is 25.2 Å². The SMILES string of the molecule is CC(C)(C)c1ccc(OCCCC(=O)OCC(=O)NNC(=O)c2ccccc2)cc1. The van der Waals surface area contributed by atoms with Gasteiger partial charge in [0.15, 0.2) is 6.61 Å². The van der Waals surface area contributed by atoms with Crippen molar-refractivity contribution < 1.29 is 23.9 Å². The normalized spacial score (nSPS) is 10.8. The van der Waals surface area contributed by atoms with Crippen LogP contribution in [0.2, 0.25) is 0 Å². The van der Waals surface area contributed by atoms with Crippen molar-refractivity contribution in [2.75, 3.05) is 13.2 Å². The topological polar surface area (TPSA) is 93.7 Å². The van der Waals surface area contributed by atoms with Crippen molar-refractivity contribution in [1.29, 1.82) is 0 Å². The summed E-state index contributed by atoms with van der Waals surface area (Å²) < 4.78 is 10.5. The molecule has 0 spiro atoms. The molecule has 0 heterocycles. The number of hydrogen-bond acceptors (Lipinski definition) is 5. The summed E-state index contributed by atoms with van der Waals surface area (Å²) in [5.74, 6) is -0.845. The minimum Gasteiger partial charge on any atom is -0.494 e. The van der Waals surface area contributed by atoms with E-state index in [0.29, 0.717) is 18.6 Å². The smallest absolute Gasteiger partial charge is 0.306 e. The van der Waals surface area contributed by atoms with Gasteiger partial charge in [0.1, 0.15) is 5.75 Å². The minimum absolute atomic E-state index is 0.0823. The summed E-state index contributed by atoms with van der Waals surface area (Å²) in [4.78, 5) is 35.2. The fourth-order valence-corrected chi connectivity index (χ4v) is 2.50. The Labute approximate surface area is 176 Å². The molecule has 2 aromatic rings. The Morgan fingerprint density at radius 3 is 2.20 bits per heavy atom. The molecule has 0 fully saturated rings. The van der Waals surface area contributed by atoms with Gasteiger partial charge < -0.3 is 9.47 Å². The Morgan fingerprint density at radius 1 is 0.900 bits per heavy atom. The summed E-state index contributed by atoms with van der Waals surface area (Å²) in [6.45, 7) is 6.33. The molecule has 2 amide bonds. The molecule has 160 valence electrons. The van der Waals surface area contributed by atoms with E-state index in [1.165, 1.54) is 5.56 Å². The summed E-state index contributed by atoms with van der Waals surface area (Å²) >= 11 is 0. The third-order valence-electron chi connectivity index (χ3n) is 4.23. The number of esters is 1. The maximum Gasteiger partial charge on any atom is 0.306 e.